The number of halogens is 1. The largest absolute Gasteiger partial charge is 0.508 e. The van der Waals surface area contributed by atoms with Gasteiger partial charge in [0.05, 0.1) is 12.2 Å². The molecule has 2 aromatic carbocycles. The Morgan fingerprint density at radius 3 is 2.56 bits per heavy atom. The van der Waals surface area contributed by atoms with Crippen LogP contribution in [0.5, 0.6) is 5.75 Å². The third kappa shape index (κ3) is 6.14. The summed E-state index contributed by atoms with van der Waals surface area (Å²) in [6.07, 6.45) is 0.576. The van der Waals surface area contributed by atoms with E-state index < -0.39 is 5.82 Å². The van der Waals surface area contributed by atoms with Crippen LogP contribution in [-0.2, 0) is 22.6 Å². The first kappa shape index (κ1) is 18.3. The van der Waals surface area contributed by atoms with E-state index >= 15 is 0 Å². The number of amides is 2. The molecule has 5 N–H and O–H groups in total. The maximum absolute atomic E-state index is 13.1. The Morgan fingerprint density at radius 1 is 1.04 bits per heavy atom. The number of benzene rings is 2. The van der Waals surface area contributed by atoms with Crippen molar-refractivity contribution in [1.29, 1.82) is 0 Å². The van der Waals surface area contributed by atoms with Gasteiger partial charge in [0.15, 0.2) is 0 Å². The molecule has 2 rings (SSSR count). The van der Waals surface area contributed by atoms with Crippen LogP contribution in [0.25, 0.3) is 0 Å². The molecule has 6 nitrogen and oxygen atoms in total. The zero-order valence-electron chi connectivity index (χ0n) is 13.6. The third-order valence-corrected chi connectivity index (χ3v) is 3.55. The Kier molecular flexibility index (Phi) is 6.33. The predicted molar refractivity (Wildman–Crippen MR) is 92.1 cm³/mol. The molecule has 0 aliphatic rings. The van der Waals surface area contributed by atoms with E-state index in [1.54, 1.807) is 30.3 Å². The van der Waals surface area contributed by atoms with Crippen molar-refractivity contribution < 1.29 is 19.1 Å². The fraction of sp³-hybridized carbons (Fsp3) is 0.222. The first-order valence-electron chi connectivity index (χ1n) is 7.79. The van der Waals surface area contributed by atoms with Crippen molar-refractivity contribution in [3.63, 3.8) is 0 Å². The molecule has 0 unspecified atom stereocenters. The second kappa shape index (κ2) is 8.68. The van der Waals surface area contributed by atoms with Crippen LogP contribution in [0, 0.1) is 5.82 Å². The highest BCUT2D eigenvalue weighted by molar-refractivity contribution is 5.84. The number of rotatable bonds is 7. The molecule has 0 aliphatic heterocycles. The Balaban J connectivity index is 1.68. The number of phenols is 1. The predicted octanol–water partition coefficient (Wildman–Crippen LogP) is 1.48. The maximum Gasteiger partial charge on any atom is 0.239 e. The van der Waals surface area contributed by atoms with Crippen LogP contribution in [0.1, 0.15) is 17.5 Å². The number of hydrogen-bond donors (Lipinski definition) is 4. The number of phenolic OH excluding ortho intramolecular Hbond substituents is 1. The van der Waals surface area contributed by atoms with Crippen LogP contribution in [0.15, 0.2) is 42.5 Å². The van der Waals surface area contributed by atoms with Gasteiger partial charge >= 0.3 is 0 Å². The van der Waals surface area contributed by atoms with Crippen molar-refractivity contribution in [1.82, 2.24) is 10.6 Å². The van der Waals surface area contributed by atoms with E-state index in [4.69, 9.17) is 5.73 Å². The number of nitrogens with two attached hydrogens (primary N) is 1. The molecule has 0 fully saturated rings. The van der Waals surface area contributed by atoms with Crippen LogP contribution in [0.4, 0.5) is 10.1 Å². The summed E-state index contributed by atoms with van der Waals surface area (Å²) < 4.78 is 13.1. The lowest BCUT2D eigenvalue weighted by Gasteiger charge is -2.08. The van der Waals surface area contributed by atoms with Crippen molar-refractivity contribution in [3.8, 4) is 5.75 Å². The summed E-state index contributed by atoms with van der Waals surface area (Å²) in [5.41, 5.74) is 7.03. The van der Waals surface area contributed by atoms with E-state index in [0.29, 0.717) is 6.42 Å². The normalized spacial score (nSPS) is 10.3. The number of anilines is 1. The number of aromatic hydroxyl groups is 1. The minimum absolute atomic E-state index is 0.0456. The molecule has 132 valence electrons. The van der Waals surface area contributed by atoms with Crippen molar-refractivity contribution in [2.75, 3.05) is 12.3 Å². The van der Waals surface area contributed by atoms with E-state index in [0.717, 1.165) is 11.1 Å². The molecule has 0 aliphatic carbocycles. The number of carbonyl (C=O) groups is 2. The van der Waals surface area contributed by atoms with Gasteiger partial charge in [0, 0.05) is 13.0 Å². The highest BCUT2D eigenvalue weighted by atomic mass is 19.1. The number of nitrogen functional groups attached to an aromatic ring is 1. The van der Waals surface area contributed by atoms with Crippen molar-refractivity contribution in [2.24, 2.45) is 0 Å². The summed E-state index contributed by atoms with van der Waals surface area (Å²) in [6, 6.07) is 10.9. The summed E-state index contributed by atoms with van der Waals surface area (Å²) in [5, 5.41) is 14.5. The minimum atomic E-state index is -0.489. The van der Waals surface area contributed by atoms with E-state index in [1.165, 1.54) is 12.1 Å². The Morgan fingerprint density at radius 2 is 1.84 bits per heavy atom. The van der Waals surface area contributed by atoms with Crippen LogP contribution >= 0.6 is 0 Å². The van der Waals surface area contributed by atoms with Gasteiger partial charge in [-0.2, -0.15) is 0 Å². The molecule has 2 aromatic rings. The van der Waals surface area contributed by atoms with Gasteiger partial charge in [0.25, 0.3) is 0 Å². The summed E-state index contributed by atoms with van der Waals surface area (Å²) in [7, 11) is 0. The Hall–Kier alpha value is -3.09. The molecular weight excluding hydrogens is 325 g/mol. The maximum atomic E-state index is 13.1. The average molecular weight is 345 g/mol. The third-order valence-electron chi connectivity index (χ3n) is 3.55. The van der Waals surface area contributed by atoms with Crippen LogP contribution in [-0.4, -0.2) is 23.5 Å². The SMILES string of the molecule is Nc1cc(CCC(=O)NCC(=O)NCc2cccc(O)c2)ccc1F. The molecule has 0 radical (unpaired) electrons. The summed E-state index contributed by atoms with van der Waals surface area (Å²) in [5.74, 6) is -0.976. The lowest BCUT2D eigenvalue weighted by Crippen LogP contribution is -2.36. The van der Waals surface area contributed by atoms with E-state index in [2.05, 4.69) is 10.6 Å². The van der Waals surface area contributed by atoms with Crippen LogP contribution in [0.3, 0.4) is 0 Å². The monoisotopic (exact) mass is 345 g/mol. The van der Waals surface area contributed by atoms with Crippen molar-refractivity contribution in [2.45, 2.75) is 19.4 Å². The fourth-order valence-corrected chi connectivity index (χ4v) is 2.20. The minimum Gasteiger partial charge on any atom is -0.508 e. The van der Waals surface area contributed by atoms with Gasteiger partial charge in [-0.05, 0) is 41.8 Å². The smallest absolute Gasteiger partial charge is 0.239 e. The molecule has 0 aromatic heterocycles. The molecule has 0 spiro atoms. The second-order valence-corrected chi connectivity index (χ2v) is 5.58. The van der Waals surface area contributed by atoms with E-state index in [9.17, 15) is 19.1 Å². The summed E-state index contributed by atoms with van der Waals surface area (Å²) >= 11 is 0. The summed E-state index contributed by atoms with van der Waals surface area (Å²) in [6.45, 7) is 0.126. The number of hydrogen-bond acceptors (Lipinski definition) is 4. The van der Waals surface area contributed by atoms with Gasteiger partial charge in [-0.15, -0.1) is 0 Å². The number of carbonyl (C=O) groups excluding carboxylic acids is 2. The molecule has 0 bridgehead atoms. The molecule has 25 heavy (non-hydrogen) atoms. The average Bonchev–Trinajstić information content (AvgIpc) is 2.59. The topological polar surface area (TPSA) is 104 Å². The molecule has 7 heteroatoms. The van der Waals surface area contributed by atoms with E-state index in [-0.39, 0.29) is 42.8 Å². The lowest BCUT2D eigenvalue weighted by molar-refractivity contribution is -0.126. The Bertz CT molecular complexity index is 765. The second-order valence-electron chi connectivity index (χ2n) is 5.58. The van der Waals surface area contributed by atoms with Crippen molar-refractivity contribution in [3.05, 3.63) is 59.4 Å². The molecule has 0 atom stereocenters. The highest BCUT2D eigenvalue weighted by Crippen LogP contribution is 2.13. The molecular formula is C18H20FN3O3. The summed E-state index contributed by atoms with van der Waals surface area (Å²) in [4.78, 5) is 23.5. The van der Waals surface area contributed by atoms with Gasteiger partial charge in [-0.25, -0.2) is 4.39 Å². The van der Waals surface area contributed by atoms with Crippen LogP contribution < -0.4 is 16.4 Å². The van der Waals surface area contributed by atoms with E-state index in [1.807, 2.05) is 0 Å². The van der Waals surface area contributed by atoms with Crippen LogP contribution in [0.2, 0.25) is 0 Å². The number of nitrogens with one attached hydrogen (secondary N) is 2. The van der Waals surface area contributed by atoms with Gasteiger partial charge in [0.1, 0.15) is 11.6 Å². The lowest BCUT2D eigenvalue weighted by atomic mass is 10.1. The molecule has 0 saturated heterocycles. The van der Waals surface area contributed by atoms with Crippen molar-refractivity contribution >= 4 is 17.5 Å². The first-order chi connectivity index (χ1) is 11.9. The fourth-order valence-electron chi connectivity index (χ4n) is 2.20. The molecule has 2 amide bonds. The van der Waals surface area contributed by atoms with Gasteiger partial charge < -0.3 is 21.5 Å². The van der Waals surface area contributed by atoms with Gasteiger partial charge in [0.2, 0.25) is 11.8 Å². The van der Waals surface area contributed by atoms with Gasteiger partial charge in [-0.1, -0.05) is 18.2 Å². The zero-order valence-corrected chi connectivity index (χ0v) is 13.6. The quantitative estimate of drug-likeness (QED) is 0.571. The zero-order chi connectivity index (χ0) is 18.2. The molecule has 0 heterocycles. The van der Waals surface area contributed by atoms with Gasteiger partial charge in [-0.3, -0.25) is 9.59 Å². The Labute approximate surface area is 144 Å². The number of aryl methyl sites for hydroxylation is 1. The standard InChI is InChI=1S/C18H20FN3O3/c19-15-6-4-12(9-16(15)20)5-7-17(24)22-11-18(25)21-10-13-2-1-3-14(23)8-13/h1-4,6,8-9,23H,5,7,10-11,20H2,(H,21,25)(H,22,24). The highest BCUT2D eigenvalue weighted by Gasteiger charge is 2.07. The first-order valence-corrected chi connectivity index (χ1v) is 7.79. The molecule has 0 saturated carbocycles.